The maximum absolute atomic E-state index is 12.2. The zero-order chi connectivity index (χ0) is 20.7. The van der Waals surface area contributed by atoms with Crippen molar-refractivity contribution in [3.05, 3.63) is 23.8 Å². The van der Waals surface area contributed by atoms with Gasteiger partial charge in [0.2, 0.25) is 0 Å². The maximum Gasteiger partial charge on any atom is 0.410 e. The van der Waals surface area contributed by atoms with Crippen LogP contribution in [0.1, 0.15) is 39.2 Å². The highest BCUT2D eigenvalue weighted by Crippen LogP contribution is 2.27. The fourth-order valence-corrected chi connectivity index (χ4v) is 3.13. The number of thioether (sulfide) groups is 1. The summed E-state index contributed by atoms with van der Waals surface area (Å²) < 4.78 is 11.6. The van der Waals surface area contributed by atoms with Gasteiger partial charge >= 0.3 is 6.09 Å². The van der Waals surface area contributed by atoms with E-state index in [2.05, 4.69) is 10.3 Å². The number of nitriles is 1. The molecule has 1 aromatic carbocycles. The lowest BCUT2D eigenvalue weighted by Gasteiger charge is -2.33. The Morgan fingerprint density at radius 1 is 1.36 bits per heavy atom. The van der Waals surface area contributed by atoms with E-state index in [1.807, 2.05) is 58.3 Å². The first-order valence-electron chi connectivity index (χ1n) is 9.25. The van der Waals surface area contributed by atoms with Crippen LogP contribution in [0.2, 0.25) is 0 Å². The fourth-order valence-electron chi connectivity index (χ4n) is 2.79. The van der Waals surface area contributed by atoms with Crippen molar-refractivity contribution >= 4 is 28.7 Å². The lowest BCUT2D eigenvalue weighted by atomic mass is 10.1. The molecule has 1 saturated heterocycles. The number of aryl methyl sites for hydroxylation is 1. The van der Waals surface area contributed by atoms with Crippen molar-refractivity contribution < 1.29 is 14.3 Å². The van der Waals surface area contributed by atoms with Crippen molar-refractivity contribution in [1.82, 2.24) is 10.2 Å². The van der Waals surface area contributed by atoms with Crippen LogP contribution in [-0.2, 0) is 4.74 Å². The molecule has 1 amide bonds. The molecule has 1 heterocycles. The van der Waals surface area contributed by atoms with Gasteiger partial charge in [0.15, 0.2) is 11.4 Å². The molecular weight excluding hydrogens is 376 g/mol. The average molecular weight is 405 g/mol. The van der Waals surface area contributed by atoms with Gasteiger partial charge in [-0.2, -0.15) is 5.26 Å². The van der Waals surface area contributed by atoms with Gasteiger partial charge in [-0.15, -0.1) is 0 Å². The Kier molecular flexibility index (Phi) is 7.58. The minimum absolute atomic E-state index is 0.0637. The van der Waals surface area contributed by atoms with Crippen molar-refractivity contribution in [2.45, 2.75) is 52.2 Å². The molecule has 152 valence electrons. The number of hydrogen-bond donors (Lipinski definition) is 1. The van der Waals surface area contributed by atoms with E-state index in [4.69, 9.17) is 14.7 Å². The summed E-state index contributed by atoms with van der Waals surface area (Å²) in [4.78, 5) is 18.3. The zero-order valence-electron chi connectivity index (χ0n) is 17.1. The normalized spacial score (nSPS) is 15.7. The second-order valence-corrected chi connectivity index (χ2v) is 8.39. The summed E-state index contributed by atoms with van der Waals surface area (Å²) in [5.41, 5.74) is 1.26. The molecule has 28 heavy (non-hydrogen) atoms. The van der Waals surface area contributed by atoms with Gasteiger partial charge in [-0.25, -0.2) is 9.79 Å². The molecule has 1 aliphatic rings. The van der Waals surface area contributed by atoms with Gasteiger partial charge in [0.25, 0.3) is 0 Å². The lowest BCUT2D eigenvalue weighted by Crippen LogP contribution is -2.44. The summed E-state index contributed by atoms with van der Waals surface area (Å²) >= 11 is 1.38. The zero-order valence-corrected chi connectivity index (χ0v) is 17.9. The number of amides is 1. The standard InChI is InChI=1S/C20H28N4O3S/c1-14-12-15(23-18(28-5)22-13-21)6-7-17(14)26-16-8-10-24(11-9-16)19(25)27-20(2,3)4/h6-7,12,16H,8-11H2,1-5H3,(H,22,23). The lowest BCUT2D eigenvalue weighted by molar-refractivity contribution is 0.0126. The molecule has 0 saturated carbocycles. The molecule has 1 aromatic rings. The molecule has 0 aromatic heterocycles. The van der Waals surface area contributed by atoms with E-state index in [0.29, 0.717) is 18.3 Å². The molecule has 0 bridgehead atoms. The first kappa shape index (κ1) is 21.9. The Morgan fingerprint density at radius 3 is 2.57 bits per heavy atom. The number of carbonyl (C=O) groups excluding carboxylic acids is 1. The van der Waals surface area contributed by atoms with Crippen LogP contribution in [0.5, 0.6) is 5.75 Å². The number of likely N-dealkylation sites (tertiary alicyclic amines) is 1. The predicted molar refractivity (Wildman–Crippen MR) is 112 cm³/mol. The summed E-state index contributed by atoms with van der Waals surface area (Å²) in [5, 5.41) is 11.8. The molecule has 0 aliphatic carbocycles. The van der Waals surface area contributed by atoms with Crippen LogP contribution in [0.15, 0.2) is 23.2 Å². The van der Waals surface area contributed by atoms with E-state index in [1.54, 1.807) is 4.90 Å². The van der Waals surface area contributed by atoms with E-state index >= 15 is 0 Å². The number of ether oxygens (including phenoxy) is 2. The van der Waals surface area contributed by atoms with Crippen LogP contribution in [-0.4, -0.2) is 47.2 Å². The minimum atomic E-state index is -0.481. The molecule has 0 unspecified atom stereocenters. The third kappa shape index (κ3) is 6.64. The average Bonchev–Trinajstić information content (AvgIpc) is 2.62. The van der Waals surface area contributed by atoms with E-state index in [-0.39, 0.29) is 12.2 Å². The predicted octanol–water partition coefficient (Wildman–Crippen LogP) is 4.19. The SMILES string of the molecule is CSC(=Nc1ccc(OC2CCN(C(=O)OC(C)(C)C)CC2)c(C)c1)NC#N. The van der Waals surface area contributed by atoms with E-state index in [1.165, 1.54) is 11.8 Å². The van der Waals surface area contributed by atoms with Gasteiger partial charge in [0.05, 0.1) is 5.69 Å². The number of piperidine rings is 1. The maximum atomic E-state index is 12.2. The first-order chi connectivity index (χ1) is 13.2. The molecule has 0 radical (unpaired) electrons. The monoisotopic (exact) mass is 404 g/mol. The van der Waals surface area contributed by atoms with Gasteiger partial charge in [-0.05, 0) is 57.7 Å². The third-order valence-corrected chi connectivity index (χ3v) is 4.71. The van der Waals surface area contributed by atoms with E-state index in [9.17, 15) is 4.79 Å². The van der Waals surface area contributed by atoms with Gasteiger partial charge in [0, 0.05) is 25.9 Å². The number of nitrogens with one attached hydrogen (secondary N) is 1. The molecule has 0 spiro atoms. The molecule has 1 aliphatic heterocycles. The largest absolute Gasteiger partial charge is 0.490 e. The summed E-state index contributed by atoms with van der Waals surface area (Å²) in [6.07, 6.45) is 5.07. The Labute approximate surface area is 171 Å². The molecule has 1 N–H and O–H groups in total. The topological polar surface area (TPSA) is 86.9 Å². The Hall–Kier alpha value is -2.40. The molecule has 1 fully saturated rings. The van der Waals surface area contributed by atoms with Crippen LogP contribution < -0.4 is 10.1 Å². The van der Waals surface area contributed by atoms with E-state index < -0.39 is 5.60 Å². The van der Waals surface area contributed by atoms with Gasteiger partial charge in [-0.3, -0.25) is 5.32 Å². The van der Waals surface area contributed by atoms with Crippen molar-refractivity contribution in [2.24, 2.45) is 4.99 Å². The summed E-state index contributed by atoms with van der Waals surface area (Å²) in [7, 11) is 0. The second kappa shape index (κ2) is 9.69. The van der Waals surface area contributed by atoms with Gasteiger partial charge in [-0.1, -0.05) is 11.8 Å². The number of benzene rings is 1. The Bertz CT molecular complexity index is 760. The van der Waals surface area contributed by atoms with Crippen LogP contribution >= 0.6 is 11.8 Å². The van der Waals surface area contributed by atoms with Crippen LogP contribution in [0.4, 0.5) is 10.5 Å². The summed E-state index contributed by atoms with van der Waals surface area (Å²) in [6.45, 7) is 8.83. The van der Waals surface area contributed by atoms with Crippen molar-refractivity contribution in [2.75, 3.05) is 19.3 Å². The van der Waals surface area contributed by atoms with Gasteiger partial charge in [0.1, 0.15) is 17.5 Å². The number of rotatable bonds is 3. The number of nitrogens with zero attached hydrogens (tertiary/aromatic N) is 3. The summed E-state index contributed by atoms with van der Waals surface area (Å²) in [6, 6.07) is 5.70. The molecule has 2 rings (SSSR count). The minimum Gasteiger partial charge on any atom is -0.490 e. The van der Waals surface area contributed by atoms with Crippen LogP contribution in [0.25, 0.3) is 0 Å². The van der Waals surface area contributed by atoms with Crippen LogP contribution in [0, 0.1) is 18.4 Å². The quantitative estimate of drug-likeness (QED) is 0.352. The smallest absolute Gasteiger partial charge is 0.410 e. The number of hydrogen-bond acceptors (Lipinski definition) is 6. The highest BCUT2D eigenvalue weighted by Gasteiger charge is 2.27. The van der Waals surface area contributed by atoms with E-state index in [0.717, 1.165) is 29.8 Å². The highest BCUT2D eigenvalue weighted by atomic mass is 32.2. The second-order valence-electron chi connectivity index (χ2n) is 7.59. The Balaban J connectivity index is 1.93. The molecule has 8 heteroatoms. The van der Waals surface area contributed by atoms with Crippen molar-refractivity contribution in [3.63, 3.8) is 0 Å². The number of amidine groups is 1. The molecule has 0 atom stereocenters. The molecular formula is C20H28N4O3S. The molecule has 7 nitrogen and oxygen atoms in total. The third-order valence-electron chi connectivity index (χ3n) is 4.13. The van der Waals surface area contributed by atoms with Crippen molar-refractivity contribution in [1.29, 1.82) is 5.26 Å². The van der Waals surface area contributed by atoms with Crippen molar-refractivity contribution in [3.8, 4) is 11.9 Å². The Morgan fingerprint density at radius 2 is 2.04 bits per heavy atom. The number of aliphatic imine (C=N–C) groups is 1. The first-order valence-corrected chi connectivity index (χ1v) is 10.5. The fraction of sp³-hybridized carbons (Fsp3) is 0.550. The summed E-state index contributed by atoms with van der Waals surface area (Å²) in [5.74, 6) is 0.814. The van der Waals surface area contributed by atoms with Gasteiger partial charge < -0.3 is 14.4 Å². The number of carbonyl (C=O) groups is 1. The van der Waals surface area contributed by atoms with Crippen LogP contribution in [0.3, 0.4) is 0 Å². The highest BCUT2D eigenvalue weighted by molar-refractivity contribution is 8.13.